The smallest absolute Gasteiger partial charge is 0.240 e. The van der Waals surface area contributed by atoms with Gasteiger partial charge in [0.25, 0.3) is 0 Å². The van der Waals surface area contributed by atoms with Crippen molar-refractivity contribution in [3.05, 3.63) is 30.3 Å². The minimum absolute atomic E-state index is 0.102. The van der Waals surface area contributed by atoms with E-state index in [-0.39, 0.29) is 29.8 Å². The third-order valence-corrected chi connectivity index (χ3v) is 6.01. The Balaban J connectivity index is 2.57. The highest BCUT2D eigenvalue weighted by atomic mass is 32.2. The fourth-order valence-corrected chi connectivity index (χ4v) is 4.44. The normalized spacial score (nSPS) is 14.1. The Bertz CT molecular complexity index is 673. The number of benzene rings is 1. The maximum Gasteiger partial charge on any atom is 0.240 e. The Hall–Kier alpha value is -1.00. The zero-order chi connectivity index (χ0) is 17.5. The van der Waals surface area contributed by atoms with Gasteiger partial charge in [-0.2, -0.15) is 0 Å². The molecule has 4 N–H and O–H groups in total. The molecule has 0 spiro atoms. The summed E-state index contributed by atoms with van der Waals surface area (Å²) in [5.74, 6) is -0.0314. The molecule has 0 saturated carbocycles. The summed E-state index contributed by atoms with van der Waals surface area (Å²) in [5.41, 5.74) is 5.56. The van der Waals surface area contributed by atoms with Crippen LogP contribution in [0.2, 0.25) is 0 Å². The number of nitrogens with two attached hydrogens (primary N) is 1. The van der Waals surface area contributed by atoms with Gasteiger partial charge in [-0.1, -0.05) is 32.0 Å². The highest BCUT2D eigenvalue weighted by molar-refractivity contribution is 7.90. The van der Waals surface area contributed by atoms with Crippen LogP contribution in [0.4, 0.5) is 0 Å². The SMILES string of the molecule is CC(C)CC(CN)NS(=O)(=O)CCNS(=O)(=O)c1ccccc1. The number of sulfonamides is 2. The van der Waals surface area contributed by atoms with E-state index in [0.29, 0.717) is 12.3 Å². The van der Waals surface area contributed by atoms with Crippen molar-refractivity contribution in [1.29, 1.82) is 0 Å². The van der Waals surface area contributed by atoms with Crippen LogP contribution in [0.5, 0.6) is 0 Å². The maximum atomic E-state index is 12.0. The van der Waals surface area contributed by atoms with E-state index in [4.69, 9.17) is 5.73 Å². The minimum atomic E-state index is -3.70. The van der Waals surface area contributed by atoms with Crippen LogP contribution in [0.25, 0.3) is 0 Å². The van der Waals surface area contributed by atoms with Gasteiger partial charge in [0, 0.05) is 19.1 Å². The molecule has 0 fully saturated rings. The summed E-state index contributed by atoms with van der Waals surface area (Å²) in [6.07, 6.45) is 0.630. The zero-order valence-corrected chi connectivity index (χ0v) is 15.0. The monoisotopic (exact) mass is 363 g/mol. The van der Waals surface area contributed by atoms with Crippen LogP contribution in [0, 0.1) is 5.92 Å². The van der Waals surface area contributed by atoms with Crippen LogP contribution in [-0.2, 0) is 20.0 Å². The number of hydrogen-bond acceptors (Lipinski definition) is 5. The second-order valence-electron chi connectivity index (χ2n) is 5.71. The third-order valence-electron chi connectivity index (χ3n) is 3.10. The van der Waals surface area contributed by atoms with Crippen LogP contribution in [0.1, 0.15) is 20.3 Å². The molecule has 0 radical (unpaired) electrons. The maximum absolute atomic E-state index is 12.0. The summed E-state index contributed by atoms with van der Waals surface area (Å²) < 4.78 is 52.8. The summed E-state index contributed by atoms with van der Waals surface area (Å²) >= 11 is 0. The predicted molar refractivity (Wildman–Crippen MR) is 90.9 cm³/mol. The molecule has 0 aromatic heterocycles. The molecule has 1 unspecified atom stereocenters. The lowest BCUT2D eigenvalue weighted by atomic mass is 10.1. The van der Waals surface area contributed by atoms with E-state index in [1.54, 1.807) is 18.2 Å². The molecule has 0 aliphatic rings. The van der Waals surface area contributed by atoms with Gasteiger partial charge in [0.15, 0.2) is 0 Å². The first-order valence-corrected chi connectivity index (χ1v) is 10.5. The highest BCUT2D eigenvalue weighted by Crippen LogP contribution is 2.07. The molecule has 7 nitrogen and oxygen atoms in total. The summed E-state index contributed by atoms with van der Waals surface area (Å²) in [6, 6.07) is 7.46. The lowest BCUT2D eigenvalue weighted by Crippen LogP contribution is -2.43. The van der Waals surface area contributed by atoms with E-state index in [1.165, 1.54) is 12.1 Å². The van der Waals surface area contributed by atoms with Crippen molar-refractivity contribution in [3.8, 4) is 0 Å². The van der Waals surface area contributed by atoms with Gasteiger partial charge in [0.05, 0.1) is 10.6 Å². The summed E-state index contributed by atoms with van der Waals surface area (Å²) in [4.78, 5) is 0.102. The van der Waals surface area contributed by atoms with Gasteiger partial charge < -0.3 is 5.73 Å². The molecule has 0 heterocycles. The van der Waals surface area contributed by atoms with E-state index in [0.717, 1.165) is 0 Å². The molecular weight excluding hydrogens is 338 g/mol. The standard InChI is InChI=1S/C14H25N3O4S2/c1-12(2)10-13(11-15)17-22(18,19)9-8-16-23(20,21)14-6-4-3-5-7-14/h3-7,12-13,16-17H,8-11,15H2,1-2H3. The van der Waals surface area contributed by atoms with Crippen molar-refractivity contribution in [1.82, 2.24) is 9.44 Å². The molecule has 1 rings (SSSR count). The topological polar surface area (TPSA) is 118 Å². The Labute approximate surface area is 138 Å². The zero-order valence-electron chi connectivity index (χ0n) is 13.4. The molecule has 0 amide bonds. The lowest BCUT2D eigenvalue weighted by Gasteiger charge is -2.18. The first-order chi connectivity index (χ1) is 10.7. The Morgan fingerprint density at radius 3 is 2.22 bits per heavy atom. The van der Waals surface area contributed by atoms with Crippen molar-refractivity contribution in [2.45, 2.75) is 31.2 Å². The minimum Gasteiger partial charge on any atom is -0.329 e. The Kier molecular flexibility index (Phi) is 7.62. The van der Waals surface area contributed by atoms with Gasteiger partial charge in [-0.3, -0.25) is 0 Å². The van der Waals surface area contributed by atoms with E-state index >= 15 is 0 Å². The van der Waals surface area contributed by atoms with Crippen LogP contribution in [0.15, 0.2) is 35.2 Å². The fraction of sp³-hybridized carbons (Fsp3) is 0.571. The molecule has 0 aliphatic heterocycles. The Morgan fingerprint density at radius 1 is 1.09 bits per heavy atom. The second kappa shape index (κ2) is 8.74. The summed E-state index contributed by atoms with van der Waals surface area (Å²) in [7, 11) is -7.30. The molecule has 23 heavy (non-hydrogen) atoms. The van der Waals surface area contributed by atoms with E-state index in [9.17, 15) is 16.8 Å². The molecule has 0 saturated heterocycles. The summed E-state index contributed by atoms with van der Waals surface area (Å²) in [5, 5.41) is 0. The second-order valence-corrected chi connectivity index (χ2v) is 9.35. The summed E-state index contributed by atoms with van der Waals surface area (Å²) in [6.45, 7) is 3.95. The van der Waals surface area contributed by atoms with Gasteiger partial charge in [0.1, 0.15) is 0 Å². The van der Waals surface area contributed by atoms with E-state index in [1.807, 2.05) is 13.8 Å². The van der Waals surface area contributed by atoms with Crippen LogP contribution >= 0.6 is 0 Å². The van der Waals surface area contributed by atoms with Gasteiger partial charge >= 0.3 is 0 Å². The molecule has 9 heteroatoms. The number of rotatable bonds is 10. The number of nitrogens with one attached hydrogen (secondary N) is 2. The van der Waals surface area contributed by atoms with Crippen molar-refractivity contribution >= 4 is 20.0 Å². The van der Waals surface area contributed by atoms with E-state index < -0.39 is 20.0 Å². The van der Waals surface area contributed by atoms with Gasteiger partial charge in [-0.25, -0.2) is 26.3 Å². The molecule has 1 aromatic carbocycles. The van der Waals surface area contributed by atoms with Crippen molar-refractivity contribution in [2.75, 3.05) is 18.8 Å². The fourth-order valence-electron chi connectivity index (χ4n) is 2.07. The van der Waals surface area contributed by atoms with E-state index in [2.05, 4.69) is 9.44 Å². The highest BCUT2D eigenvalue weighted by Gasteiger charge is 2.19. The number of hydrogen-bond donors (Lipinski definition) is 3. The van der Waals surface area contributed by atoms with Gasteiger partial charge in [0.2, 0.25) is 20.0 Å². The molecule has 1 atom stereocenters. The first-order valence-electron chi connectivity index (χ1n) is 7.41. The average molecular weight is 364 g/mol. The van der Waals surface area contributed by atoms with Crippen molar-refractivity contribution in [3.63, 3.8) is 0 Å². The molecule has 0 aliphatic carbocycles. The molecule has 0 bridgehead atoms. The molecule has 132 valence electrons. The van der Waals surface area contributed by atoms with Gasteiger partial charge in [-0.15, -0.1) is 0 Å². The molecule has 1 aromatic rings. The quantitative estimate of drug-likeness (QED) is 0.551. The first kappa shape index (κ1) is 20.0. The lowest BCUT2D eigenvalue weighted by molar-refractivity contribution is 0.465. The van der Waals surface area contributed by atoms with Crippen molar-refractivity contribution < 1.29 is 16.8 Å². The largest absolute Gasteiger partial charge is 0.329 e. The molecular formula is C14H25N3O4S2. The van der Waals surface area contributed by atoms with Crippen LogP contribution in [0.3, 0.4) is 0 Å². The average Bonchev–Trinajstić information content (AvgIpc) is 2.46. The Morgan fingerprint density at radius 2 is 1.70 bits per heavy atom. The van der Waals surface area contributed by atoms with Crippen LogP contribution in [-0.4, -0.2) is 41.7 Å². The van der Waals surface area contributed by atoms with Crippen molar-refractivity contribution in [2.24, 2.45) is 11.7 Å². The predicted octanol–water partition coefficient (Wildman–Crippen LogP) is 0.258. The van der Waals surface area contributed by atoms with Crippen LogP contribution < -0.4 is 15.2 Å². The van der Waals surface area contributed by atoms with Gasteiger partial charge in [-0.05, 0) is 24.5 Å². The third kappa shape index (κ3) is 7.40.